The van der Waals surface area contributed by atoms with Crippen LogP contribution in [0.1, 0.15) is 33.0 Å². The second-order valence-electron chi connectivity index (χ2n) is 7.71. The molecule has 0 N–H and O–H groups in total. The molecule has 0 saturated carbocycles. The van der Waals surface area contributed by atoms with Gasteiger partial charge in [0, 0.05) is 42.6 Å². The average Bonchev–Trinajstić information content (AvgIpc) is 3.05. The maximum atomic E-state index is 13.2. The first-order chi connectivity index (χ1) is 14.3. The number of carbonyl (C=O) groups excluding carboxylic acids is 2. The van der Waals surface area contributed by atoms with E-state index >= 15 is 0 Å². The molecule has 7 nitrogen and oxygen atoms in total. The van der Waals surface area contributed by atoms with Gasteiger partial charge in [0.25, 0.3) is 5.91 Å². The van der Waals surface area contributed by atoms with Crippen LogP contribution in [0.3, 0.4) is 0 Å². The lowest BCUT2D eigenvalue weighted by atomic mass is 10.1. The quantitative estimate of drug-likeness (QED) is 0.647. The maximum Gasteiger partial charge on any atom is 0.259 e. The van der Waals surface area contributed by atoms with E-state index in [2.05, 4.69) is 10.1 Å². The number of fused-ring (bicyclic) bond motifs is 1. The van der Waals surface area contributed by atoms with Crippen LogP contribution in [0.15, 0.2) is 30.3 Å². The van der Waals surface area contributed by atoms with Crippen LogP contribution in [-0.4, -0.2) is 62.4 Å². The van der Waals surface area contributed by atoms with Crippen LogP contribution < -0.4 is 0 Å². The number of hydrogen-bond acceptors (Lipinski definition) is 4. The number of aryl methyl sites for hydroxylation is 3. The van der Waals surface area contributed by atoms with E-state index in [0.717, 1.165) is 17.0 Å². The number of benzene rings is 1. The van der Waals surface area contributed by atoms with Gasteiger partial charge in [0.2, 0.25) is 5.91 Å². The van der Waals surface area contributed by atoms with E-state index in [4.69, 9.17) is 11.6 Å². The van der Waals surface area contributed by atoms with Crippen molar-refractivity contribution in [3.8, 4) is 0 Å². The maximum absolute atomic E-state index is 13.2. The van der Waals surface area contributed by atoms with Crippen molar-refractivity contribution < 1.29 is 9.59 Å². The third-order valence-corrected chi connectivity index (χ3v) is 5.72. The molecule has 3 aromatic rings. The van der Waals surface area contributed by atoms with E-state index in [0.29, 0.717) is 54.5 Å². The molecule has 0 bridgehead atoms. The lowest BCUT2D eigenvalue weighted by molar-refractivity contribution is -0.131. The molecule has 1 saturated heterocycles. The van der Waals surface area contributed by atoms with E-state index < -0.39 is 0 Å². The molecule has 1 aromatic carbocycles. The fourth-order valence-electron chi connectivity index (χ4n) is 3.88. The van der Waals surface area contributed by atoms with Gasteiger partial charge >= 0.3 is 0 Å². The Labute approximate surface area is 180 Å². The van der Waals surface area contributed by atoms with Gasteiger partial charge in [-0.1, -0.05) is 23.7 Å². The zero-order valence-electron chi connectivity index (χ0n) is 17.4. The van der Waals surface area contributed by atoms with Gasteiger partial charge in [0.15, 0.2) is 5.65 Å². The number of rotatable bonds is 3. The van der Waals surface area contributed by atoms with E-state index in [1.165, 1.54) is 0 Å². The molecule has 4 rings (SSSR count). The summed E-state index contributed by atoms with van der Waals surface area (Å²) in [5.74, 6) is -0.0192. The highest BCUT2D eigenvalue weighted by molar-refractivity contribution is 6.30. The summed E-state index contributed by atoms with van der Waals surface area (Å²) in [6.45, 7) is 7.72. The molecule has 0 atom stereocenters. The lowest BCUT2D eigenvalue weighted by Gasteiger charge is -2.34. The summed E-state index contributed by atoms with van der Waals surface area (Å²) in [6, 6.07) is 9.25. The van der Waals surface area contributed by atoms with Crippen molar-refractivity contribution in [2.45, 2.75) is 27.2 Å². The molecule has 0 spiro atoms. The first-order valence-electron chi connectivity index (χ1n) is 9.98. The molecule has 3 heterocycles. The summed E-state index contributed by atoms with van der Waals surface area (Å²) in [5.41, 5.74) is 4.53. The number of aromatic nitrogens is 3. The fourth-order valence-corrected chi connectivity index (χ4v) is 4.01. The Balaban J connectivity index is 1.45. The van der Waals surface area contributed by atoms with E-state index in [9.17, 15) is 9.59 Å². The number of hydrogen-bond donors (Lipinski definition) is 0. The Bertz CT molecular complexity index is 1110. The van der Waals surface area contributed by atoms with Crippen molar-refractivity contribution in [3.05, 3.63) is 63.6 Å². The summed E-state index contributed by atoms with van der Waals surface area (Å²) >= 11 is 5.91. The zero-order chi connectivity index (χ0) is 21.4. The second-order valence-corrected chi connectivity index (χ2v) is 8.15. The molecule has 0 radical (unpaired) electrons. The van der Waals surface area contributed by atoms with Crippen LogP contribution in [-0.2, 0) is 11.2 Å². The van der Waals surface area contributed by atoms with Gasteiger partial charge in [0.1, 0.15) is 5.56 Å². The summed E-state index contributed by atoms with van der Waals surface area (Å²) in [6.07, 6.45) is 0.334. The predicted molar refractivity (Wildman–Crippen MR) is 115 cm³/mol. The van der Waals surface area contributed by atoms with Crippen LogP contribution in [0.5, 0.6) is 0 Å². The largest absolute Gasteiger partial charge is 0.339 e. The van der Waals surface area contributed by atoms with Crippen molar-refractivity contribution in [1.29, 1.82) is 0 Å². The highest BCUT2D eigenvalue weighted by Crippen LogP contribution is 2.19. The SMILES string of the molecule is Cc1cc(C)n2nc(C)c(C(=O)N3CCN(C(=O)Cc4ccc(Cl)cc4)CC3)c2n1. The number of halogens is 1. The topological polar surface area (TPSA) is 70.8 Å². The highest BCUT2D eigenvalue weighted by atomic mass is 35.5. The van der Waals surface area contributed by atoms with Gasteiger partial charge in [-0.3, -0.25) is 9.59 Å². The Morgan fingerprint density at radius 1 is 1.00 bits per heavy atom. The van der Waals surface area contributed by atoms with Crippen LogP contribution in [0.25, 0.3) is 5.65 Å². The lowest BCUT2D eigenvalue weighted by Crippen LogP contribution is -2.51. The van der Waals surface area contributed by atoms with E-state index in [1.807, 2.05) is 43.9 Å². The Morgan fingerprint density at radius 2 is 1.63 bits per heavy atom. The van der Waals surface area contributed by atoms with Crippen molar-refractivity contribution >= 4 is 29.1 Å². The van der Waals surface area contributed by atoms with E-state index in [-0.39, 0.29) is 11.8 Å². The number of carbonyl (C=O) groups is 2. The summed E-state index contributed by atoms with van der Waals surface area (Å²) in [4.78, 5) is 34.0. The van der Waals surface area contributed by atoms with Gasteiger partial charge in [-0.25, -0.2) is 9.50 Å². The average molecular weight is 426 g/mol. The van der Waals surface area contributed by atoms with Crippen molar-refractivity contribution in [2.24, 2.45) is 0 Å². The van der Waals surface area contributed by atoms with Crippen molar-refractivity contribution in [3.63, 3.8) is 0 Å². The molecular formula is C22H24ClN5O2. The monoisotopic (exact) mass is 425 g/mol. The molecule has 0 aliphatic carbocycles. The summed E-state index contributed by atoms with van der Waals surface area (Å²) < 4.78 is 1.72. The Morgan fingerprint density at radius 3 is 2.30 bits per heavy atom. The molecular weight excluding hydrogens is 402 g/mol. The first kappa shape index (κ1) is 20.3. The van der Waals surface area contributed by atoms with Crippen LogP contribution in [0, 0.1) is 20.8 Å². The van der Waals surface area contributed by atoms with Gasteiger partial charge in [-0.05, 0) is 44.5 Å². The van der Waals surface area contributed by atoms with Crippen molar-refractivity contribution in [1.82, 2.24) is 24.4 Å². The third-order valence-electron chi connectivity index (χ3n) is 5.47. The summed E-state index contributed by atoms with van der Waals surface area (Å²) in [5, 5.41) is 5.15. The van der Waals surface area contributed by atoms with Crippen LogP contribution >= 0.6 is 11.6 Å². The third kappa shape index (κ3) is 3.89. The number of nitrogens with zero attached hydrogens (tertiary/aromatic N) is 5. The van der Waals surface area contributed by atoms with Crippen LogP contribution in [0.4, 0.5) is 0 Å². The summed E-state index contributed by atoms with van der Waals surface area (Å²) in [7, 11) is 0. The number of piperazine rings is 1. The van der Waals surface area contributed by atoms with Gasteiger partial charge in [-0.15, -0.1) is 0 Å². The molecule has 1 aliphatic heterocycles. The fraction of sp³-hybridized carbons (Fsp3) is 0.364. The minimum Gasteiger partial charge on any atom is -0.339 e. The Hall–Kier alpha value is -2.93. The minimum atomic E-state index is -0.0789. The highest BCUT2D eigenvalue weighted by Gasteiger charge is 2.28. The molecule has 1 aliphatic rings. The molecule has 30 heavy (non-hydrogen) atoms. The molecule has 8 heteroatoms. The minimum absolute atomic E-state index is 0.0597. The van der Waals surface area contributed by atoms with Gasteiger partial charge in [0.05, 0.1) is 12.1 Å². The molecule has 2 amide bonds. The molecule has 2 aromatic heterocycles. The Kier molecular flexibility index (Phi) is 5.47. The van der Waals surface area contributed by atoms with Crippen molar-refractivity contribution in [2.75, 3.05) is 26.2 Å². The zero-order valence-corrected chi connectivity index (χ0v) is 18.1. The molecule has 0 unspecified atom stereocenters. The smallest absolute Gasteiger partial charge is 0.259 e. The molecule has 156 valence electrons. The van der Waals surface area contributed by atoms with Gasteiger partial charge < -0.3 is 9.80 Å². The number of amides is 2. The first-order valence-corrected chi connectivity index (χ1v) is 10.4. The second kappa shape index (κ2) is 8.07. The molecule has 1 fully saturated rings. The standard InChI is InChI=1S/C22H24ClN5O2/c1-14-12-15(2)28-21(24-14)20(16(3)25-28)22(30)27-10-8-26(9-11-27)19(29)13-17-4-6-18(23)7-5-17/h4-7,12H,8-11,13H2,1-3H3. The van der Waals surface area contributed by atoms with Gasteiger partial charge in [-0.2, -0.15) is 5.10 Å². The van der Waals surface area contributed by atoms with E-state index in [1.54, 1.807) is 21.5 Å². The predicted octanol–water partition coefficient (Wildman–Crippen LogP) is 2.84. The van der Waals surface area contributed by atoms with Crippen LogP contribution in [0.2, 0.25) is 5.02 Å². The normalized spacial score (nSPS) is 14.4.